The largest absolute Gasteiger partial charge is 0.308 e. The number of aromatic nitrogens is 4. The van der Waals surface area contributed by atoms with E-state index >= 15 is 0 Å². The number of nitrogens with one attached hydrogen (secondary N) is 1. The van der Waals surface area contributed by atoms with Gasteiger partial charge in [-0.3, -0.25) is 0 Å². The van der Waals surface area contributed by atoms with Crippen LogP contribution in [0.4, 0.5) is 5.82 Å². The van der Waals surface area contributed by atoms with Crippen LogP contribution in [-0.2, 0) is 0 Å². The highest BCUT2D eigenvalue weighted by molar-refractivity contribution is 6.31. The zero-order chi connectivity index (χ0) is 10.8. The van der Waals surface area contributed by atoms with E-state index in [-0.39, 0.29) is 0 Å². The van der Waals surface area contributed by atoms with Crippen LogP contribution in [0.2, 0.25) is 5.02 Å². The molecule has 2 aromatic heterocycles. The van der Waals surface area contributed by atoms with E-state index < -0.39 is 0 Å². The second-order valence-electron chi connectivity index (χ2n) is 2.91. The Morgan fingerprint density at radius 2 is 2.27 bits per heavy atom. The third-order valence-electron chi connectivity index (χ3n) is 1.87. The first-order valence-electron chi connectivity index (χ1n) is 4.21. The first-order chi connectivity index (χ1) is 7.20. The first kappa shape index (κ1) is 9.88. The lowest BCUT2D eigenvalue weighted by Crippen LogP contribution is -2.10. The Labute approximate surface area is 91.1 Å². The van der Waals surface area contributed by atoms with E-state index in [0.29, 0.717) is 16.7 Å². The molecule has 3 N–H and O–H groups in total. The molecule has 0 radical (unpaired) electrons. The number of halogens is 1. The molecule has 0 atom stereocenters. The summed E-state index contributed by atoms with van der Waals surface area (Å²) in [5, 5.41) is 4.78. The molecule has 2 aromatic rings. The summed E-state index contributed by atoms with van der Waals surface area (Å²) in [5.74, 6) is 6.36. The molecule has 15 heavy (non-hydrogen) atoms. The summed E-state index contributed by atoms with van der Waals surface area (Å²) >= 11 is 5.89. The predicted octanol–water partition coefficient (Wildman–Crippen LogP) is 0.910. The van der Waals surface area contributed by atoms with Crippen LogP contribution in [0.25, 0.3) is 5.82 Å². The molecular formula is C8H9ClN6. The van der Waals surface area contributed by atoms with Crippen molar-refractivity contribution in [2.45, 2.75) is 6.92 Å². The minimum absolute atomic E-state index is 0.518. The van der Waals surface area contributed by atoms with Crippen LogP contribution < -0.4 is 11.3 Å². The van der Waals surface area contributed by atoms with Gasteiger partial charge in [0, 0.05) is 6.07 Å². The van der Waals surface area contributed by atoms with E-state index in [4.69, 9.17) is 17.4 Å². The number of rotatable bonds is 2. The number of nitrogen functional groups attached to an aromatic ring is 1. The molecule has 0 saturated heterocycles. The molecule has 6 nitrogen and oxygen atoms in total. The standard InChI is InChI=1S/C8H9ClN6/c1-5-6(9)3-15(14-5)8-2-7(13-10)11-4-12-8/h2-4H,10H2,1H3,(H,11,12,13). The van der Waals surface area contributed by atoms with E-state index in [2.05, 4.69) is 20.5 Å². The van der Waals surface area contributed by atoms with Gasteiger partial charge in [-0.2, -0.15) is 5.10 Å². The molecule has 0 saturated carbocycles. The van der Waals surface area contributed by atoms with Crippen molar-refractivity contribution in [3.63, 3.8) is 0 Å². The summed E-state index contributed by atoms with van der Waals surface area (Å²) < 4.78 is 1.57. The van der Waals surface area contributed by atoms with Crippen molar-refractivity contribution in [1.29, 1.82) is 0 Å². The number of anilines is 1. The number of hydrogen-bond acceptors (Lipinski definition) is 5. The normalized spacial score (nSPS) is 10.3. The molecule has 2 heterocycles. The first-order valence-corrected chi connectivity index (χ1v) is 4.59. The van der Waals surface area contributed by atoms with E-state index in [1.54, 1.807) is 16.9 Å². The van der Waals surface area contributed by atoms with Crippen molar-refractivity contribution in [3.05, 3.63) is 29.3 Å². The van der Waals surface area contributed by atoms with Gasteiger partial charge >= 0.3 is 0 Å². The zero-order valence-electron chi connectivity index (χ0n) is 7.98. The molecule has 0 spiro atoms. The van der Waals surface area contributed by atoms with Crippen molar-refractivity contribution in [2.24, 2.45) is 5.84 Å². The maximum Gasteiger partial charge on any atom is 0.158 e. The number of aryl methyl sites for hydroxylation is 1. The average molecular weight is 225 g/mol. The van der Waals surface area contributed by atoms with Gasteiger partial charge in [-0.05, 0) is 6.92 Å². The minimum Gasteiger partial charge on any atom is -0.308 e. The van der Waals surface area contributed by atoms with Crippen LogP contribution in [0, 0.1) is 6.92 Å². The van der Waals surface area contributed by atoms with Crippen LogP contribution in [0.5, 0.6) is 0 Å². The maximum atomic E-state index is 5.89. The second kappa shape index (κ2) is 3.84. The van der Waals surface area contributed by atoms with Crippen LogP contribution in [-0.4, -0.2) is 19.7 Å². The maximum absolute atomic E-state index is 5.89. The van der Waals surface area contributed by atoms with Gasteiger partial charge in [0.05, 0.1) is 16.9 Å². The fraction of sp³-hybridized carbons (Fsp3) is 0.125. The molecule has 0 unspecified atom stereocenters. The summed E-state index contributed by atoms with van der Waals surface area (Å²) in [4.78, 5) is 7.94. The molecule has 0 amide bonds. The molecule has 78 valence electrons. The molecule has 2 rings (SSSR count). The van der Waals surface area contributed by atoms with E-state index in [1.165, 1.54) is 6.33 Å². The fourth-order valence-corrected chi connectivity index (χ4v) is 1.24. The quantitative estimate of drug-likeness (QED) is 0.585. The van der Waals surface area contributed by atoms with Crippen molar-refractivity contribution in [2.75, 3.05) is 5.43 Å². The van der Waals surface area contributed by atoms with Crippen LogP contribution in [0.3, 0.4) is 0 Å². The van der Waals surface area contributed by atoms with E-state index in [9.17, 15) is 0 Å². The lowest BCUT2D eigenvalue weighted by Gasteiger charge is -2.01. The van der Waals surface area contributed by atoms with Crippen molar-refractivity contribution < 1.29 is 0 Å². The van der Waals surface area contributed by atoms with Gasteiger partial charge in [0.25, 0.3) is 0 Å². The zero-order valence-corrected chi connectivity index (χ0v) is 8.73. The third kappa shape index (κ3) is 1.90. The summed E-state index contributed by atoms with van der Waals surface area (Å²) in [7, 11) is 0. The highest BCUT2D eigenvalue weighted by Crippen LogP contribution is 2.15. The molecule has 0 aliphatic heterocycles. The van der Waals surface area contributed by atoms with Gasteiger partial charge < -0.3 is 5.43 Å². The number of hydrazine groups is 1. The Balaban J connectivity index is 2.44. The van der Waals surface area contributed by atoms with Crippen LogP contribution in [0.15, 0.2) is 18.6 Å². The Kier molecular flexibility index (Phi) is 2.53. The van der Waals surface area contributed by atoms with Crippen LogP contribution >= 0.6 is 11.6 Å². The lowest BCUT2D eigenvalue weighted by molar-refractivity contribution is 0.826. The summed E-state index contributed by atoms with van der Waals surface area (Å²) in [6.07, 6.45) is 3.08. The Morgan fingerprint density at radius 3 is 2.87 bits per heavy atom. The van der Waals surface area contributed by atoms with Gasteiger partial charge in [0.1, 0.15) is 12.1 Å². The van der Waals surface area contributed by atoms with E-state index in [1.807, 2.05) is 6.92 Å². The lowest BCUT2D eigenvalue weighted by atomic mass is 10.5. The highest BCUT2D eigenvalue weighted by Gasteiger charge is 2.05. The smallest absolute Gasteiger partial charge is 0.158 e. The molecule has 0 fully saturated rings. The minimum atomic E-state index is 0.518. The Bertz CT molecular complexity index is 460. The predicted molar refractivity (Wildman–Crippen MR) is 56.7 cm³/mol. The Morgan fingerprint density at radius 1 is 1.47 bits per heavy atom. The van der Waals surface area contributed by atoms with Gasteiger partial charge in [-0.25, -0.2) is 20.5 Å². The van der Waals surface area contributed by atoms with Gasteiger partial charge in [0.15, 0.2) is 5.82 Å². The molecular weight excluding hydrogens is 216 g/mol. The third-order valence-corrected chi connectivity index (χ3v) is 2.25. The van der Waals surface area contributed by atoms with Crippen LogP contribution in [0.1, 0.15) is 5.69 Å². The molecule has 0 aromatic carbocycles. The Hall–Kier alpha value is -1.66. The van der Waals surface area contributed by atoms with Gasteiger partial charge in [-0.15, -0.1) is 0 Å². The molecule has 0 aliphatic rings. The fourth-order valence-electron chi connectivity index (χ4n) is 1.11. The number of hydrogen-bond donors (Lipinski definition) is 2. The molecule has 7 heteroatoms. The topological polar surface area (TPSA) is 81.7 Å². The van der Waals surface area contributed by atoms with Gasteiger partial charge in [-0.1, -0.05) is 11.6 Å². The summed E-state index contributed by atoms with van der Waals surface area (Å²) in [5.41, 5.74) is 3.18. The SMILES string of the molecule is Cc1nn(-c2cc(NN)ncn2)cc1Cl. The summed E-state index contributed by atoms with van der Waals surface area (Å²) in [6.45, 7) is 1.82. The number of nitrogens with two attached hydrogens (primary N) is 1. The van der Waals surface area contributed by atoms with Crippen molar-refractivity contribution in [1.82, 2.24) is 19.7 Å². The van der Waals surface area contributed by atoms with Gasteiger partial charge in [0.2, 0.25) is 0 Å². The van der Waals surface area contributed by atoms with E-state index in [0.717, 1.165) is 5.69 Å². The van der Waals surface area contributed by atoms with Crippen molar-refractivity contribution in [3.8, 4) is 5.82 Å². The average Bonchev–Trinajstić information content (AvgIpc) is 2.59. The highest BCUT2D eigenvalue weighted by atomic mass is 35.5. The molecule has 0 bridgehead atoms. The number of nitrogens with zero attached hydrogens (tertiary/aromatic N) is 4. The van der Waals surface area contributed by atoms with Crippen molar-refractivity contribution >= 4 is 17.4 Å². The monoisotopic (exact) mass is 224 g/mol. The summed E-state index contributed by atoms with van der Waals surface area (Å²) in [6, 6.07) is 1.67. The molecule has 0 aliphatic carbocycles. The second-order valence-corrected chi connectivity index (χ2v) is 3.32.